The van der Waals surface area contributed by atoms with E-state index in [2.05, 4.69) is 0 Å². The summed E-state index contributed by atoms with van der Waals surface area (Å²) in [5, 5.41) is 9.88. The van der Waals surface area contributed by atoms with Gasteiger partial charge >= 0.3 is 0 Å². The summed E-state index contributed by atoms with van der Waals surface area (Å²) in [5.74, 6) is -1.45. The second-order valence-electron chi connectivity index (χ2n) is 6.37. The number of aliphatic hydroxyl groups is 1. The Hall–Kier alpha value is -0.240. The van der Waals surface area contributed by atoms with Crippen molar-refractivity contribution in [2.75, 3.05) is 0 Å². The molecule has 0 aromatic carbocycles. The van der Waals surface area contributed by atoms with E-state index >= 15 is 0 Å². The Balaban J connectivity index is 1.85. The molecule has 19 heavy (non-hydrogen) atoms. The third-order valence-corrected chi connectivity index (χ3v) is 3.67. The largest absolute Gasteiger partial charge is 0.391 e. The van der Waals surface area contributed by atoms with E-state index in [1.807, 2.05) is 27.7 Å². The average molecular weight is 274 g/mol. The van der Waals surface area contributed by atoms with E-state index < -0.39 is 30.1 Å². The van der Waals surface area contributed by atoms with Gasteiger partial charge in [0, 0.05) is 0 Å². The maximum absolute atomic E-state index is 9.88. The fourth-order valence-corrected chi connectivity index (χ4v) is 3.03. The Morgan fingerprint density at radius 3 is 2.05 bits per heavy atom. The molecule has 0 radical (unpaired) electrons. The Morgan fingerprint density at radius 1 is 0.842 bits per heavy atom. The molecule has 6 heteroatoms. The molecule has 3 aliphatic rings. The molecule has 3 rings (SSSR count). The molecule has 1 N–H and O–H groups in total. The van der Waals surface area contributed by atoms with E-state index in [0.29, 0.717) is 0 Å². The van der Waals surface area contributed by atoms with E-state index in [0.717, 1.165) is 0 Å². The zero-order valence-corrected chi connectivity index (χ0v) is 12.0. The van der Waals surface area contributed by atoms with E-state index in [1.54, 1.807) is 6.92 Å². The monoisotopic (exact) mass is 274 g/mol. The molecule has 3 saturated heterocycles. The van der Waals surface area contributed by atoms with Gasteiger partial charge in [-0.2, -0.15) is 0 Å². The molecule has 3 fully saturated rings. The first-order valence-corrected chi connectivity index (χ1v) is 6.73. The predicted molar refractivity (Wildman–Crippen MR) is 64.2 cm³/mol. The molecule has 0 aliphatic carbocycles. The fourth-order valence-electron chi connectivity index (χ4n) is 3.03. The van der Waals surface area contributed by atoms with Gasteiger partial charge in [-0.3, -0.25) is 0 Å². The molecule has 110 valence electrons. The van der Waals surface area contributed by atoms with Crippen molar-refractivity contribution in [3.63, 3.8) is 0 Å². The van der Waals surface area contributed by atoms with Crippen LogP contribution in [-0.4, -0.2) is 53.5 Å². The van der Waals surface area contributed by atoms with Crippen LogP contribution in [0.15, 0.2) is 0 Å². The molecule has 0 aromatic heterocycles. The Morgan fingerprint density at radius 2 is 1.42 bits per heavy atom. The second kappa shape index (κ2) is 4.13. The van der Waals surface area contributed by atoms with Gasteiger partial charge in [-0.15, -0.1) is 0 Å². The summed E-state index contributed by atoms with van der Waals surface area (Å²) in [4.78, 5) is 0. The summed E-state index contributed by atoms with van der Waals surface area (Å²) < 4.78 is 29.1. The summed E-state index contributed by atoms with van der Waals surface area (Å²) in [6.45, 7) is 9.03. The van der Waals surface area contributed by atoms with E-state index in [4.69, 9.17) is 23.7 Å². The highest BCUT2D eigenvalue weighted by molar-refractivity contribution is 5.01. The topological polar surface area (TPSA) is 66.4 Å². The lowest BCUT2D eigenvalue weighted by molar-refractivity contribution is -0.353. The highest BCUT2D eigenvalue weighted by Gasteiger charge is 2.61. The van der Waals surface area contributed by atoms with Gasteiger partial charge in [0.25, 0.3) is 0 Å². The fraction of sp³-hybridized carbons (Fsp3) is 1.00. The maximum atomic E-state index is 9.88. The summed E-state index contributed by atoms with van der Waals surface area (Å²) in [5.41, 5.74) is 0. The van der Waals surface area contributed by atoms with Crippen LogP contribution < -0.4 is 0 Å². The van der Waals surface area contributed by atoms with Crippen molar-refractivity contribution in [1.29, 1.82) is 0 Å². The smallest absolute Gasteiger partial charge is 0.190 e. The van der Waals surface area contributed by atoms with Crippen molar-refractivity contribution in [2.24, 2.45) is 0 Å². The normalized spacial score (nSPS) is 48.6. The molecule has 0 amide bonds. The number of rotatable bonds is 1. The van der Waals surface area contributed by atoms with Crippen LogP contribution >= 0.6 is 0 Å². The number of fused-ring (bicyclic) bond motifs is 3. The first kappa shape index (κ1) is 13.7. The molecule has 6 atom stereocenters. The van der Waals surface area contributed by atoms with E-state index in [9.17, 15) is 5.11 Å². The minimum atomic E-state index is -0.781. The van der Waals surface area contributed by atoms with Crippen molar-refractivity contribution in [2.45, 2.75) is 83.0 Å². The summed E-state index contributed by atoms with van der Waals surface area (Å²) in [7, 11) is 0. The molecule has 6 nitrogen and oxygen atoms in total. The molecule has 0 aromatic rings. The van der Waals surface area contributed by atoms with Gasteiger partial charge in [-0.05, 0) is 34.6 Å². The number of hydrogen-bond donors (Lipinski definition) is 1. The van der Waals surface area contributed by atoms with Gasteiger partial charge < -0.3 is 28.8 Å². The second-order valence-corrected chi connectivity index (χ2v) is 6.37. The SMILES string of the molecule is C[C@H](O)[C@H]1OC(C)(C)O[C@H]2[C@@H]1O[C@@H]1OC(C)(C)O[C@@H]12. The highest BCUT2D eigenvalue weighted by Crippen LogP contribution is 2.44. The molecular formula is C13H22O6. The van der Waals surface area contributed by atoms with Gasteiger partial charge in [0.15, 0.2) is 17.9 Å². The quantitative estimate of drug-likeness (QED) is 0.761. The zero-order valence-electron chi connectivity index (χ0n) is 12.0. The van der Waals surface area contributed by atoms with Gasteiger partial charge in [0.05, 0.1) is 6.10 Å². The number of ether oxygens (including phenoxy) is 5. The van der Waals surface area contributed by atoms with Gasteiger partial charge in [-0.25, -0.2) is 0 Å². The number of hydrogen-bond acceptors (Lipinski definition) is 6. The van der Waals surface area contributed by atoms with E-state index in [-0.39, 0.29) is 18.3 Å². The Bertz CT molecular complexity index is 366. The van der Waals surface area contributed by atoms with Gasteiger partial charge in [0.2, 0.25) is 0 Å². The minimum absolute atomic E-state index is 0.288. The van der Waals surface area contributed by atoms with Crippen LogP contribution in [0.4, 0.5) is 0 Å². The van der Waals surface area contributed by atoms with Crippen molar-refractivity contribution < 1.29 is 28.8 Å². The average Bonchev–Trinajstić information content (AvgIpc) is 2.69. The summed E-state index contributed by atoms with van der Waals surface area (Å²) >= 11 is 0. The molecule has 3 heterocycles. The minimum Gasteiger partial charge on any atom is -0.391 e. The first-order chi connectivity index (χ1) is 8.69. The number of aliphatic hydroxyl groups excluding tert-OH is 1. The molecule has 0 bridgehead atoms. The van der Waals surface area contributed by atoms with Crippen LogP contribution in [0.3, 0.4) is 0 Å². The molecule has 0 unspecified atom stereocenters. The zero-order chi connectivity index (χ0) is 14.0. The van der Waals surface area contributed by atoms with Crippen molar-refractivity contribution in [3.05, 3.63) is 0 Å². The maximum Gasteiger partial charge on any atom is 0.190 e. The molecule has 0 saturated carbocycles. The lowest BCUT2D eigenvalue weighted by Crippen LogP contribution is -2.58. The van der Waals surface area contributed by atoms with Crippen molar-refractivity contribution in [3.8, 4) is 0 Å². The van der Waals surface area contributed by atoms with Crippen LogP contribution in [0.25, 0.3) is 0 Å². The van der Waals surface area contributed by atoms with Crippen LogP contribution in [-0.2, 0) is 23.7 Å². The van der Waals surface area contributed by atoms with Gasteiger partial charge in [0.1, 0.15) is 24.4 Å². The van der Waals surface area contributed by atoms with Crippen molar-refractivity contribution in [1.82, 2.24) is 0 Å². The lowest BCUT2D eigenvalue weighted by atomic mass is 9.99. The highest BCUT2D eigenvalue weighted by atomic mass is 16.9. The van der Waals surface area contributed by atoms with Crippen molar-refractivity contribution >= 4 is 0 Å². The molecule has 3 aliphatic heterocycles. The Kier molecular flexibility index (Phi) is 2.98. The Labute approximate surface area is 112 Å². The van der Waals surface area contributed by atoms with Crippen LogP contribution in [0.2, 0.25) is 0 Å². The van der Waals surface area contributed by atoms with Crippen LogP contribution in [0.5, 0.6) is 0 Å². The molecule has 0 spiro atoms. The third kappa shape index (κ3) is 2.30. The van der Waals surface area contributed by atoms with E-state index in [1.165, 1.54) is 0 Å². The van der Waals surface area contributed by atoms with Crippen LogP contribution in [0, 0.1) is 0 Å². The predicted octanol–water partition coefficient (Wildman–Crippen LogP) is 0.764. The first-order valence-electron chi connectivity index (χ1n) is 6.73. The summed E-state index contributed by atoms with van der Waals surface area (Å²) in [6.07, 6.45) is -2.53. The lowest BCUT2D eigenvalue weighted by Gasteiger charge is -2.44. The summed E-state index contributed by atoms with van der Waals surface area (Å²) in [6, 6.07) is 0. The third-order valence-electron chi connectivity index (χ3n) is 3.67. The van der Waals surface area contributed by atoms with Gasteiger partial charge in [-0.1, -0.05) is 0 Å². The molecular weight excluding hydrogens is 252 g/mol. The standard InChI is InChI=1S/C13H22O6/c1-6(14)7-8-9(17-12(2,3)16-7)10-11(15-8)19-13(4,5)18-10/h6-11,14H,1-5H3/t6-,7+,8+,9-,10+,11+/m0/s1. The van der Waals surface area contributed by atoms with Crippen LogP contribution in [0.1, 0.15) is 34.6 Å².